The van der Waals surface area contributed by atoms with E-state index in [0.717, 1.165) is 12.0 Å². The quantitative estimate of drug-likeness (QED) is 0.729. The lowest BCUT2D eigenvalue weighted by atomic mass is 10.1. The summed E-state index contributed by atoms with van der Waals surface area (Å²) in [4.78, 5) is 0. The van der Waals surface area contributed by atoms with Crippen LogP contribution in [0.5, 0.6) is 0 Å². The maximum atomic E-state index is 3.44. The van der Waals surface area contributed by atoms with Crippen molar-refractivity contribution in [2.45, 2.75) is 57.2 Å². The molecule has 84 valence electrons. The van der Waals surface area contributed by atoms with E-state index in [1.165, 1.54) is 31.4 Å². The minimum Gasteiger partial charge on any atom is -0.316 e. The van der Waals surface area contributed by atoms with Crippen molar-refractivity contribution in [3.8, 4) is 0 Å². The highest BCUT2D eigenvalue weighted by Gasteiger charge is 2.22. The summed E-state index contributed by atoms with van der Waals surface area (Å²) < 4.78 is 0.411. The van der Waals surface area contributed by atoms with E-state index in [1.807, 2.05) is 0 Å². The van der Waals surface area contributed by atoms with Crippen LogP contribution in [0, 0.1) is 5.92 Å². The Balaban J connectivity index is 2.10. The molecule has 0 aromatic rings. The standard InChI is InChI=1S/C12H25NS/c1-12(2,3)14-9-11(13-4)8-7-10-5-6-10/h10-11,13H,5-9H2,1-4H3. The van der Waals surface area contributed by atoms with E-state index in [-0.39, 0.29) is 0 Å². The molecule has 0 aromatic carbocycles. The van der Waals surface area contributed by atoms with Crippen LogP contribution in [-0.2, 0) is 0 Å². The zero-order valence-corrected chi connectivity index (χ0v) is 10.9. The minimum absolute atomic E-state index is 0.411. The molecule has 14 heavy (non-hydrogen) atoms. The lowest BCUT2D eigenvalue weighted by Gasteiger charge is -2.22. The number of hydrogen-bond acceptors (Lipinski definition) is 2. The van der Waals surface area contributed by atoms with Crippen LogP contribution in [0.25, 0.3) is 0 Å². The Morgan fingerprint density at radius 2 is 2.00 bits per heavy atom. The molecule has 0 bridgehead atoms. The summed E-state index contributed by atoms with van der Waals surface area (Å²) in [7, 11) is 2.10. The third-order valence-electron chi connectivity index (χ3n) is 2.75. The predicted octanol–water partition coefficient (Wildman–Crippen LogP) is 3.30. The van der Waals surface area contributed by atoms with Crippen LogP contribution in [-0.4, -0.2) is 23.6 Å². The van der Waals surface area contributed by atoms with Crippen LogP contribution in [0.2, 0.25) is 0 Å². The van der Waals surface area contributed by atoms with Crippen molar-refractivity contribution >= 4 is 11.8 Å². The smallest absolute Gasteiger partial charge is 0.0155 e. The number of thioether (sulfide) groups is 1. The average Bonchev–Trinajstić information content (AvgIpc) is 2.86. The molecule has 0 amide bonds. The molecule has 1 aliphatic rings. The van der Waals surface area contributed by atoms with Gasteiger partial charge in [0.2, 0.25) is 0 Å². The molecule has 1 unspecified atom stereocenters. The first-order valence-electron chi connectivity index (χ1n) is 5.82. The molecule has 0 spiro atoms. The van der Waals surface area contributed by atoms with Crippen LogP contribution >= 0.6 is 11.8 Å². The molecule has 2 heteroatoms. The summed E-state index contributed by atoms with van der Waals surface area (Å²) in [5.41, 5.74) is 0. The Kier molecular flexibility index (Phi) is 4.78. The van der Waals surface area contributed by atoms with E-state index in [9.17, 15) is 0 Å². The van der Waals surface area contributed by atoms with Crippen molar-refractivity contribution in [2.24, 2.45) is 5.92 Å². The molecule has 0 saturated heterocycles. The van der Waals surface area contributed by atoms with Gasteiger partial charge in [-0.3, -0.25) is 0 Å². The van der Waals surface area contributed by atoms with Gasteiger partial charge in [0.1, 0.15) is 0 Å². The molecule has 0 aliphatic heterocycles. The lowest BCUT2D eigenvalue weighted by molar-refractivity contribution is 0.524. The largest absolute Gasteiger partial charge is 0.316 e. The predicted molar refractivity (Wildman–Crippen MR) is 67.0 cm³/mol. The minimum atomic E-state index is 0.411. The molecule has 0 aromatic heterocycles. The summed E-state index contributed by atoms with van der Waals surface area (Å²) in [5.74, 6) is 2.33. The van der Waals surface area contributed by atoms with E-state index in [1.54, 1.807) is 0 Å². The van der Waals surface area contributed by atoms with Gasteiger partial charge in [0.25, 0.3) is 0 Å². The highest BCUT2D eigenvalue weighted by molar-refractivity contribution is 8.00. The molecule has 1 N–H and O–H groups in total. The van der Waals surface area contributed by atoms with Crippen molar-refractivity contribution in [3.05, 3.63) is 0 Å². The molecule has 1 rings (SSSR count). The number of nitrogens with one attached hydrogen (secondary N) is 1. The fourth-order valence-corrected chi connectivity index (χ4v) is 2.54. The molecule has 1 atom stereocenters. The monoisotopic (exact) mass is 215 g/mol. The Morgan fingerprint density at radius 1 is 1.36 bits per heavy atom. The molecule has 0 radical (unpaired) electrons. The van der Waals surface area contributed by atoms with E-state index in [4.69, 9.17) is 0 Å². The summed E-state index contributed by atoms with van der Waals surface area (Å²) in [6, 6.07) is 0.722. The van der Waals surface area contributed by atoms with Crippen molar-refractivity contribution < 1.29 is 0 Å². The first-order chi connectivity index (χ1) is 6.51. The maximum absolute atomic E-state index is 3.44. The van der Waals surface area contributed by atoms with Gasteiger partial charge in [0, 0.05) is 16.5 Å². The van der Waals surface area contributed by atoms with E-state index < -0.39 is 0 Å². The summed E-state index contributed by atoms with van der Waals surface area (Å²) in [6.07, 6.45) is 5.78. The Labute approximate surface area is 93.4 Å². The van der Waals surface area contributed by atoms with Gasteiger partial charge in [-0.15, -0.1) is 0 Å². The molecular weight excluding hydrogens is 190 g/mol. The zero-order valence-electron chi connectivity index (χ0n) is 10.1. The number of hydrogen-bond donors (Lipinski definition) is 1. The summed E-state index contributed by atoms with van der Waals surface area (Å²) in [6.45, 7) is 6.89. The summed E-state index contributed by atoms with van der Waals surface area (Å²) >= 11 is 2.08. The van der Waals surface area contributed by atoms with Gasteiger partial charge in [0.15, 0.2) is 0 Å². The van der Waals surface area contributed by atoms with Gasteiger partial charge in [0.05, 0.1) is 0 Å². The molecule has 1 nitrogen and oxygen atoms in total. The van der Waals surface area contributed by atoms with Gasteiger partial charge in [-0.05, 0) is 25.8 Å². The van der Waals surface area contributed by atoms with Gasteiger partial charge in [-0.1, -0.05) is 33.6 Å². The second-order valence-electron chi connectivity index (χ2n) is 5.43. The third kappa shape index (κ3) is 5.92. The van der Waals surface area contributed by atoms with Gasteiger partial charge < -0.3 is 5.32 Å². The highest BCUT2D eigenvalue weighted by Crippen LogP contribution is 2.34. The SMILES string of the molecule is CNC(CCC1CC1)CSC(C)(C)C. The Hall–Kier alpha value is 0.310. The molecule has 1 aliphatic carbocycles. The fraction of sp³-hybridized carbons (Fsp3) is 1.00. The second kappa shape index (κ2) is 5.41. The topological polar surface area (TPSA) is 12.0 Å². The second-order valence-corrected chi connectivity index (χ2v) is 7.28. The normalized spacial score (nSPS) is 19.7. The van der Waals surface area contributed by atoms with Crippen LogP contribution in [0.1, 0.15) is 46.5 Å². The van der Waals surface area contributed by atoms with Crippen molar-refractivity contribution in [2.75, 3.05) is 12.8 Å². The zero-order chi connectivity index (χ0) is 10.6. The Bertz CT molecular complexity index is 158. The van der Waals surface area contributed by atoms with E-state index in [2.05, 4.69) is 44.9 Å². The Morgan fingerprint density at radius 3 is 2.43 bits per heavy atom. The van der Waals surface area contributed by atoms with Crippen LogP contribution in [0.3, 0.4) is 0 Å². The van der Waals surface area contributed by atoms with Crippen molar-refractivity contribution in [3.63, 3.8) is 0 Å². The molecule has 0 heterocycles. The van der Waals surface area contributed by atoms with Crippen LogP contribution in [0.4, 0.5) is 0 Å². The first kappa shape index (κ1) is 12.4. The van der Waals surface area contributed by atoms with Crippen LogP contribution < -0.4 is 5.32 Å². The van der Waals surface area contributed by atoms with Crippen molar-refractivity contribution in [1.29, 1.82) is 0 Å². The maximum Gasteiger partial charge on any atom is 0.0155 e. The third-order valence-corrected chi connectivity index (χ3v) is 4.18. The highest BCUT2D eigenvalue weighted by atomic mass is 32.2. The lowest BCUT2D eigenvalue weighted by Crippen LogP contribution is -2.29. The van der Waals surface area contributed by atoms with E-state index >= 15 is 0 Å². The first-order valence-corrected chi connectivity index (χ1v) is 6.81. The number of rotatable bonds is 6. The van der Waals surface area contributed by atoms with Crippen molar-refractivity contribution in [1.82, 2.24) is 5.32 Å². The van der Waals surface area contributed by atoms with Gasteiger partial charge in [-0.2, -0.15) is 11.8 Å². The fourth-order valence-electron chi connectivity index (χ4n) is 1.51. The van der Waals surface area contributed by atoms with Gasteiger partial charge >= 0.3 is 0 Å². The van der Waals surface area contributed by atoms with Crippen LogP contribution in [0.15, 0.2) is 0 Å². The van der Waals surface area contributed by atoms with E-state index in [0.29, 0.717) is 4.75 Å². The molecular formula is C12H25NS. The summed E-state index contributed by atoms with van der Waals surface area (Å²) in [5, 5.41) is 3.44. The molecule has 1 fully saturated rings. The molecule has 1 saturated carbocycles. The average molecular weight is 215 g/mol. The van der Waals surface area contributed by atoms with Gasteiger partial charge in [-0.25, -0.2) is 0 Å².